The zero-order valence-corrected chi connectivity index (χ0v) is 12.2. The highest BCUT2D eigenvalue weighted by Gasteiger charge is 2.36. The third-order valence-corrected chi connectivity index (χ3v) is 5.74. The molecule has 1 heterocycles. The van der Waals surface area contributed by atoms with Gasteiger partial charge in [0.05, 0.1) is 0 Å². The minimum Gasteiger partial charge on any atom is -0.318 e. The van der Waals surface area contributed by atoms with Crippen molar-refractivity contribution < 1.29 is 8.42 Å². The van der Waals surface area contributed by atoms with Crippen molar-refractivity contribution in [2.45, 2.75) is 51.1 Å². The van der Waals surface area contributed by atoms with E-state index >= 15 is 0 Å². The maximum absolute atomic E-state index is 12.4. The Kier molecular flexibility index (Phi) is 4.64. The van der Waals surface area contributed by atoms with Crippen LogP contribution in [0, 0.1) is 5.92 Å². The van der Waals surface area contributed by atoms with Crippen molar-refractivity contribution in [2.75, 3.05) is 20.1 Å². The summed E-state index contributed by atoms with van der Waals surface area (Å²) in [4.78, 5) is 0. The van der Waals surface area contributed by atoms with Crippen LogP contribution in [0.15, 0.2) is 0 Å². The SMILES string of the molecule is CNCC1CCCCN1S(=O)(=O)NC1CC(C)C1. The summed E-state index contributed by atoms with van der Waals surface area (Å²) in [6.45, 7) is 3.56. The molecule has 1 aliphatic carbocycles. The van der Waals surface area contributed by atoms with Gasteiger partial charge in [0.1, 0.15) is 0 Å². The third kappa shape index (κ3) is 3.23. The molecule has 1 aliphatic heterocycles. The molecule has 1 saturated carbocycles. The molecule has 0 radical (unpaired) electrons. The maximum atomic E-state index is 12.4. The Morgan fingerprint density at radius 3 is 2.61 bits per heavy atom. The molecule has 0 amide bonds. The summed E-state index contributed by atoms with van der Waals surface area (Å²) in [6, 6.07) is 0.265. The predicted octanol–water partition coefficient (Wildman–Crippen LogP) is 0.693. The van der Waals surface area contributed by atoms with Crippen molar-refractivity contribution in [3.8, 4) is 0 Å². The molecular weight excluding hydrogens is 250 g/mol. The summed E-state index contributed by atoms with van der Waals surface area (Å²) in [7, 11) is -1.42. The van der Waals surface area contributed by atoms with Gasteiger partial charge < -0.3 is 5.32 Å². The van der Waals surface area contributed by atoms with Crippen molar-refractivity contribution >= 4 is 10.2 Å². The van der Waals surface area contributed by atoms with E-state index in [1.807, 2.05) is 7.05 Å². The Morgan fingerprint density at radius 2 is 2.00 bits per heavy atom. The molecule has 2 N–H and O–H groups in total. The lowest BCUT2D eigenvalue weighted by atomic mass is 9.83. The first kappa shape index (κ1) is 14.2. The highest BCUT2D eigenvalue weighted by molar-refractivity contribution is 7.87. The van der Waals surface area contributed by atoms with Crippen LogP contribution in [0.1, 0.15) is 39.0 Å². The monoisotopic (exact) mass is 275 g/mol. The second-order valence-corrected chi connectivity index (χ2v) is 7.37. The molecule has 5 nitrogen and oxygen atoms in total. The molecule has 1 saturated heterocycles. The molecule has 0 aromatic rings. The molecule has 1 unspecified atom stereocenters. The number of likely N-dealkylation sites (N-methyl/N-ethyl adjacent to an activating group) is 1. The number of hydrogen-bond donors (Lipinski definition) is 2. The fourth-order valence-corrected chi connectivity index (χ4v) is 4.70. The zero-order chi connectivity index (χ0) is 13.2. The van der Waals surface area contributed by atoms with Gasteiger partial charge in [-0.05, 0) is 38.6 Å². The van der Waals surface area contributed by atoms with Gasteiger partial charge in [-0.15, -0.1) is 0 Å². The molecule has 1 atom stereocenters. The lowest BCUT2D eigenvalue weighted by Gasteiger charge is -2.38. The van der Waals surface area contributed by atoms with Crippen molar-refractivity contribution in [3.05, 3.63) is 0 Å². The van der Waals surface area contributed by atoms with Gasteiger partial charge in [-0.2, -0.15) is 17.4 Å². The number of nitrogens with one attached hydrogen (secondary N) is 2. The average Bonchev–Trinajstić information content (AvgIpc) is 2.28. The molecule has 106 valence electrons. The van der Waals surface area contributed by atoms with Gasteiger partial charge in [0.25, 0.3) is 10.2 Å². The topological polar surface area (TPSA) is 61.4 Å². The van der Waals surface area contributed by atoms with Gasteiger partial charge in [-0.3, -0.25) is 0 Å². The average molecular weight is 275 g/mol. The lowest BCUT2D eigenvalue weighted by molar-refractivity contribution is 0.229. The Balaban J connectivity index is 1.97. The van der Waals surface area contributed by atoms with E-state index in [0.29, 0.717) is 12.5 Å². The number of hydrogen-bond acceptors (Lipinski definition) is 3. The van der Waals surface area contributed by atoms with Crippen LogP contribution in [0.2, 0.25) is 0 Å². The summed E-state index contributed by atoms with van der Waals surface area (Å²) in [5, 5.41) is 3.09. The quantitative estimate of drug-likeness (QED) is 0.776. The molecule has 6 heteroatoms. The van der Waals surface area contributed by atoms with Crippen LogP contribution in [0.4, 0.5) is 0 Å². The highest BCUT2D eigenvalue weighted by atomic mass is 32.2. The molecular formula is C12H25N3O2S. The molecule has 0 spiro atoms. The number of nitrogens with zero attached hydrogens (tertiary/aromatic N) is 1. The third-order valence-electron chi connectivity index (χ3n) is 4.01. The first-order valence-electron chi connectivity index (χ1n) is 6.96. The van der Waals surface area contributed by atoms with Crippen molar-refractivity contribution in [2.24, 2.45) is 5.92 Å². The normalized spacial score (nSPS) is 34.2. The van der Waals surface area contributed by atoms with E-state index in [9.17, 15) is 8.42 Å². The Labute approximate surface area is 110 Å². The largest absolute Gasteiger partial charge is 0.318 e. The summed E-state index contributed by atoms with van der Waals surface area (Å²) in [5.74, 6) is 0.659. The molecule has 0 aromatic carbocycles. The number of rotatable bonds is 5. The minimum absolute atomic E-state index is 0.110. The fourth-order valence-electron chi connectivity index (χ4n) is 3.01. The van der Waals surface area contributed by atoms with Gasteiger partial charge in [-0.25, -0.2) is 0 Å². The summed E-state index contributed by atoms with van der Waals surface area (Å²) in [6.07, 6.45) is 5.01. The second kappa shape index (κ2) is 5.86. The van der Waals surface area contributed by atoms with E-state index in [2.05, 4.69) is 17.0 Å². The maximum Gasteiger partial charge on any atom is 0.279 e. The summed E-state index contributed by atoms with van der Waals surface area (Å²) >= 11 is 0. The van der Waals surface area contributed by atoms with Gasteiger partial charge >= 0.3 is 0 Å². The molecule has 2 rings (SSSR count). The smallest absolute Gasteiger partial charge is 0.279 e. The first-order chi connectivity index (χ1) is 8.53. The van der Waals surface area contributed by atoms with E-state index in [-0.39, 0.29) is 12.1 Å². The minimum atomic E-state index is -3.29. The second-order valence-electron chi connectivity index (χ2n) is 5.71. The van der Waals surface area contributed by atoms with E-state index in [4.69, 9.17) is 0 Å². The molecule has 2 fully saturated rings. The number of piperidine rings is 1. The van der Waals surface area contributed by atoms with Crippen molar-refractivity contribution in [3.63, 3.8) is 0 Å². The molecule has 0 bridgehead atoms. The first-order valence-corrected chi connectivity index (χ1v) is 8.40. The van der Waals surface area contributed by atoms with Crippen molar-refractivity contribution in [1.82, 2.24) is 14.3 Å². The Bertz CT molecular complexity index is 364. The van der Waals surface area contributed by atoms with Crippen LogP contribution in [-0.4, -0.2) is 44.9 Å². The van der Waals surface area contributed by atoms with Crippen LogP contribution in [0.5, 0.6) is 0 Å². The molecule has 18 heavy (non-hydrogen) atoms. The van der Waals surface area contributed by atoms with Crippen molar-refractivity contribution in [1.29, 1.82) is 0 Å². The van der Waals surface area contributed by atoms with Gasteiger partial charge in [0, 0.05) is 25.2 Å². The van der Waals surface area contributed by atoms with Crippen LogP contribution < -0.4 is 10.0 Å². The molecule has 0 aromatic heterocycles. The Morgan fingerprint density at radius 1 is 1.28 bits per heavy atom. The Hall–Kier alpha value is -0.170. The van der Waals surface area contributed by atoms with E-state index in [1.165, 1.54) is 0 Å². The van der Waals surface area contributed by atoms with Gasteiger partial charge in [0.15, 0.2) is 0 Å². The van der Waals surface area contributed by atoms with E-state index < -0.39 is 10.2 Å². The summed E-state index contributed by atoms with van der Waals surface area (Å²) in [5.41, 5.74) is 0. The fraction of sp³-hybridized carbons (Fsp3) is 1.00. The van der Waals surface area contributed by atoms with Crippen LogP contribution in [-0.2, 0) is 10.2 Å². The zero-order valence-electron chi connectivity index (χ0n) is 11.4. The van der Waals surface area contributed by atoms with Crippen LogP contribution in [0.25, 0.3) is 0 Å². The molecule has 2 aliphatic rings. The van der Waals surface area contributed by atoms with Crippen LogP contribution >= 0.6 is 0 Å². The lowest BCUT2D eigenvalue weighted by Crippen LogP contribution is -2.55. The van der Waals surface area contributed by atoms with Gasteiger partial charge in [0.2, 0.25) is 0 Å². The summed E-state index contributed by atoms with van der Waals surface area (Å²) < 4.78 is 29.2. The highest BCUT2D eigenvalue weighted by Crippen LogP contribution is 2.28. The van der Waals surface area contributed by atoms with E-state index in [1.54, 1.807) is 4.31 Å². The predicted molar refractivity (Wildman–Crippen MR) is 72.5 cm³/mol. The van der Waals surface area contributed by atoms with E-state index in [0.717, 1.165) is 38.6 Å². The van der Waals surface area contributed by atoms with Gasteiger partial charge in [-0.1, -0.05) is 13.3 Å². The van der Waals surface area contributed by atoms with Crippen LogP contribution in [0.3, 0.4) is 0 Å². The standard InChI is InChI=1S/C12H25N3O2S/c1-10-7-11(8-10)14-18(16,17)15-6-4-3-5-12(15)9-13-2/h10-14H,3-9H2,1-2H3.